The van der Waals surface area contributed by atoms with Gasteiger partial charge >= 0.3 is 0 Å². The lowest BCUT2D eigenvalue weighted by Gasteiger charge is -2.18. The van der Waals surface area contributed by atoms with Crippen molar-refractivity contribution in [2.24, 2.45) is 0 Å². The lowest BCUT2D eigenvalue weighted by Crippen LogP contribution is -2.17. The molecule has 1 aromatic heterocycles. The number of aromatic nitrogens is 2. The number of hydrogen-bond acceptors (Lipinski definition) is 5. The summed E-state index contributed by atoms with van der Waals surface area (Å²) in [4.78, 5) is 10.3. The maximum Gasteiger partial charge on any atom is 0.141 e. The van der Waals surface area contributed by atoms with Crippen LogP contribution in [-0.2, 0) is 6.54 Å². The van der Waals surface area contributed by atoms with Gasteiger partial charge in [-0.15, -0.1) is 0 Å². The van der Waals surface area contributed by atoms with Crippen LogP contribution in [-0.4, -0.2) is 24.1 Å². The van der Waals surface area contributed by atoms with Crippen LogP contribution in [0.1, 0.15) is 5.69 Å². The molecule has 0 saturated heterocycles. The van der Waals surface area contributed by atoms with Crippen LogP contribution < -0.4 is 15.4 Å². The van der Waals surface area contributed by atoms with Gasteiger partial charge in [0.05, 0.1) is 31.7 Å². The Hall–Kier alpha value is -2.30. The van der Waals surface area contributed by atoms with E-state index in [-0.39, 0.29) is 0 Å². The van der Waals surface area contributed by atoms with Crippen LogP contribution in [0.5, 0.6) is 5.75 Å². The van der Waals surface area contributed by atoms with Crippen molar-refractivity contribution >= 4 is 11.5 Å². The molecule has 0 aliphatic rings. The summed E-state index contributed by atoms with van der Waals surface area (Å²) in [6.07, 6.45) is 3.26. The van der Waals surface area contributed by atoms with Gasteiger partial charge in [0, 0.05) is 12.7 Å². The molecule has 0 unspecified atom stereocenters. The SMILES string of the molecule is COc1ccc(N(C)Cc2cnc(N)cn2)cc1. The van der Waals surface area contributed by atoms with Crippen molar-refractivity contribution in [2.75, 3.05) is 24.8 Å². The van der Waals surface area contributed by atoms with E-state index in [0.717, 1.165) is 17.1 Å². The van der Waals surface area contributed by atoms with Crippen molar-refractivity contribution in [2.45, 2.75) is 6.54 Å². The first-order chi connectivity index (χ1) is 8.69. The average molecular weight is 244 g/mol. The fourth-order valence-corrected chi connectivity index (χ4v) is 1.62. The van der Waals surface area contributed by atoms with E-state index < -0.39 is 0 Å². The molecule has 18 heavy (non-hydrogen) atoms. The standard InChI is InChI=1S/C13H16N4O/c1-17(9-10-7-16-13(14)8-15-10)11-3-5-12(18-2)6-4-11/h3-8H,9H2,1-2H3,(H2,14,16). The number of methoxy groups -OCH3 is 1. The number of benzene rings is 1. The summed E-state index contributed by atoms with van der Waals surface area (Å²) < 4.78 is 5.13. The minimum Gasteiger partial charge on any atom is -0.497 e. The summed E-state index contributed by atoms with van der Waals surface area (Å²) in [5, 5.41) is 0. The Bertz CT molecular complexity index is 495. The highest BCUT2D eigenvalue weighted by molar-refractivity contribution is 5.48. The summed E-state index contributed by atoms with van der Waals surface area (Å²) in [5.74, 6) is 1.28. The minimum absolute atomic E-state index is 0.436. The predicted molar refractivity (Wildman–Crippen MR) is 71.5 cm³/mol. The molecule has 1 heterocycles. The third-order valence-corrected chi connectivity index (χ3v) is 2.64. The maximum atomic E-state index is 5.50. The van der Waals surface area contributed by atoms with Gasteiger partial charge in [0.2, 0.25) is 0 Å². The molecule has 0 amide bonds. The van der Waals surface area contributed by atoms with Crippen molar-refractivity contribution in [3.63, 3.8) is 0 Å². The summed E-state index contributed by atoms with van der Waals surface area (Å²) in [7, 11) is 3.66. The third kappa shape index (κ3) is 2.88. The van der Waals surface area contributed by atoms with Crippen LogP contribution in [0.2, 0.25) is 0 Å². The van der Waals surface area contributed by atoms with Crippen LogP contribution in [0.3, 0.4) is 0 Å². The molecule has 0 saturated carbocycles. The van der Waals surface area contributed by atoms with E-state index in [0.29, 0.717) is 12.4 Å². The molecule has 5 nitrogen and oxygen atoms in total. The molecule has 2 aromatic rings. The fourth-order valence-electron chi connectivity index (χ4n) is 1.62. The molecular weight excluding hydrogens is 228 g/mol. The van der Waals surface area contributed by atoms with Crippen LogP contribution >= 0.6 is 0 Å². The first-order valence-electron chi connectivity index (χ1n) is 5.60. The molecule has 2 rings (SSSR count). The largest absolute Gasteiger partial charge is 0.497 e. The number of hydrogen-bond donors (Lipinski definition) is 1. The van der Waals surface area contributed by atoms with Crippen LogP contribution in [0.25, 0.3) is 0 Å². The molecule has 0 fully saturated rings. The predicted octanol–water partition coefficient (Wildman–Crippen LogP) is 1.70. The monoisotopic (exact) mass is 244 g/mol. The van der Waals surface area contributed by atoms with Gasteiger partial charge in [-0.25, -0.2) is 4.98 Å². The van der Waals surface area contributed by atoms with Crippen molar-refractivity contribution in [1.82, 2.24) is 9.97 Å². The van der Waals surface area contributed by atoms with E-state index >= 15 is 0 Å². The molecule has 0 radical (unpaired) electrons. The summed E-state index contributed by atoms with van der Waals surface area (Å²) in [6.45, 7) is 0.680. The smallest absolute Gasteiger partial charge is 0.141 e. The second-order valence-electron chi connectivity index (χ2n) is 3.99. The van der Waals surface area contributed by atoms with Crippen LogP contribution in [0, 0.1) is 0 Å². The summed E-state index contributed by atoms with van der Waals surface area (Å²) in [6, 6.07) is 7.87. The highest BCUT2D eigenvalue weighted by Gasteiger charge is 2.03. The minimum atomic E-state index is 0.436. The third-order valence-electron chi connectivity index (χ3n) is 2.64. The molecule has 1 aromatic carbocycles. The lowest BCUT2D eigenvalue weighted by atomic mass is 10.2. The Morgan fingerprint density at radius 1 is 1.17 bits per heavy atom. The zero-order valence-corrected chi connectivity index (χ0v) is 10.5. The van der Waals surface area contributed by atoms with Gasteiger partial charge in [-0.1, -0.05) is 0 Å². The van der Waals surface area contributed by atoms with Crippen molar-refractivity contribution < 1.29 is 4.74 Å². The topological polar surface area (TPSA) is 64.3 Å². The lowest BCUT2D eigenvalue weighted by molar-refractivity contribution is 0.415. The molecule has 0 aliphatic carbocycles. The Balaban J connectivity index is 2.06. The molecule has 0 aliphatic heterocycles. The van der Waals surface area contributed by atoms with Crippen LogP contribution in [0.15, 0.2) is 36.7 Å². The fraction of sp³-hybridized carbons (Fsp3) is 0.231. The van der Waals surface area contributed by atoms with Gasteiger partial charge in [-0.05, 0) is 24.3 Å². The normalized spacial score (nSPS) is 10.1. The van der Waals surface area contributed by atoms with Crippen LogP contribution in [0.4, 0.5) is 11.5 Å². The van der Waals surface area contributed by atoms with Gasteiger partial charge in [-0.3, -0.25) is 4.98 Å². The molecule has 94 valence electrons. The molecule has 0 bridgehead atoms. The Morgan fingerprint density at radius 2 is 1.89 bits per heavy atom. The number of anilines is 2. The van der Waals surface area contributed by atoms with E-state index in [9.17, 15) is 0 Å². The van der Waals surface area contributed by atoms with E-state index in [1.807, 2.05) is 31.3 Å². The number of rotatable bonds is 4. The highest BCUT2D eigenvalue weighted by Crippen LogP contribution is 2.19. The zero-order chi connectivity index (χ0) is 13.0. The quantitative estimate of drug-likeness (QED) is 0.886. The summed E-state index contributed by atoms with van der Waals surface area (Å²) in [5.41, 5.74) is 7.47. The van der Waals surface area contributed by atoms with E-state index in [4.69, 9.17) is 10.5 Å². The number of nitrogens with two attached hydrogens (primary N) is 1. The Labute approximate surface area is 106 Å². The van der Waals surface area contributed by atoms with Gasteiger partial charge in [0.15, 0.2) is 0 Å². The van der Waals surface area contributed by atoms with Gasteiger partial charge in [0.25, 0.3) is 0 Å². The van der Waals surface area contributed by atoms with E-state index in [1.165, 1.54) is 0 Å². The molecular formula is C13H16N4O. The van der Waals surface area contributed by atoms with Gasteiger partial charge in [0.1, 0.15) is 11.6 Å². The average Bonchev–Trinajstić information content (AvgIpc) is 2.41. The van der Waals surface area contributed by atoms with Crippen molar-refractivity contribution in [1.29, 1.82) is 0 Å². The van der Waals surface area contributed by atoms with Gasteiger partial charge in [-0.2, -0.15) is 0 Å². The number of ether oxygens (including phenoxy) is 1. The molecule has 2 N–H and O–H groups in total. The van der Waals surface area contributed by atoms with Crippen molar-refractivity contribution in [3.8, 4) is 5.75 Å². The second-order valence-corrected chi connectivity index (χ2v) is 3.99. The maximum absolute atomic E-state index is 5.50. The Morgan fingerprint density at radius 3 is 2.44 bits per heavy atom. The second kappa shape index (κ2) is 5.35. The van der Waals surface area contributed by atoms with E-state index in [1.54, 1.807) is 19.5 Å². The molecule has 0 atom stereocenters. The van der Waals surface area contributed by atoms with Gasteiger partial charge < -0.3 is 15.4 Å². The Kier molecular flexibility index (Phi) is 3.62. The molecule has 0 spiro atoms. The van der Waals surface area contributed by atoms with Crippen molar-refractivity contribution in [3.05, 3.63) is 42.4 Å². The summed E-state index contributed by atoms with van der Waals surface area (Å²) >= 11 is 0. The van der Waals surface area contributed by atoms with E-state index in [2.05, 4.69) is 14.9 Å². The zero-order valence-electron chi connectivity index (χ0n) is 10.5. The molecule has 5 heteroatoms. The number of nitrogens with zero attached hydrogens (tertiary/aromatic N) is 3. The number of nitrogen functional groups attached to an aromatic ring is 1. The highest BCUT2D eigenvalue weighted by atomic mass is 16.5. The first-order valence-corrected chi connectivity index (χ1v) is 5.60. The first kappa shape index (κ1) is 12.2.